The van der Waals surface area contributed by atoms with Crippen molar-refractivity contribution in [2.75, 3.05) is 6.61 Å². The minimum absolute atomic E-state index is 0.373. The van der Waals surface area contributed by atoms with Gasteiger partial charge in [0, 0.05) is 19.3 Å². The van der Waals surface area contributed by atoms with E-state index in [0.29, 0.717) is 12.0 Å². The van der Waals surface area contributed by atoms with Gasteiger partial charge < -0.3 is 9.30 Å². The maximum Gasteiger partial charge on any atom is 0.0950 e. The zero-order chi connectivity index (χ0) is 9.10. The average molecular weight is 201 g/mol. The Morgan fingerprint density at radius 3 is 3.23 bits per heavy atom. The van der Waals surface area contributed by atoms with Gasteiger partial charge >= 0.3 is 0 Å². The summed E-state index contributed by atoms with van der Waals surface area (Å²) in [7, 11) is 0. The van der Waals surface area contributed by atoms with Gasteiger partial charge in [-0.3, -0.25) is 0 Å². The minimum Gasteiger partial charge on any atom is -0.376 e. The molecule has 1 aliphatic rings. The summed E-state index contributed by atoms with van der Waals surface area (Å²) in [6, 6.07) is 0. The lowest BCUT2D eigenvalue weighted by molar-refractivity contribution is 0.0970. The van der Waals surface area contributed by atoms with Crippen molar-refractivity contribution in [1.29, 1.82) is 0 Å². The van der Waals surface area contributed by atoms with Crippen LogP contribution in [0.4, 0.5) is 0 Å². The number of ether oxygens (including phenoxy) is 1. The van der Waals surface area contributed by atoms with Crippen LogP contribution >= 0.6 is 11.6 Å². The van der Waals surface area contributed by atoms with Gasteiger partial charge in [0.1, 0.15) is 0 Å². The van der Waals surface area contributed by atoms with Crippen LogP contribution < -0.4 is 0 Å². The van der Waals surface area contributed by atoms with Gasteiger partial charge in [-0.2, -0.15) is 0 Å². The number of rotatable bonds is 3. The smallest absolute Gasteiger partial charge is 0.0950 e. The first-order valence-electron chi connectivity index (χ1n) is 4.56. The van der Waals surface area contributed by atoms with Gasteiger partial charge in [-0.25, -0.2) is 4.98 Å². The van der Waals surface area contributed by atoms with E-state index in [1.165, 1.54) is 6.42 Å². The summed E-state index contributed by atoms with van der Waals surface area (Å²) in [6.07, 6.45) is 6.52. The third kappa shape index (κ3) is 2.23. The van der Waals surface area contributed by atoms with Crippen molar-refractivity contribution in [3.8, 4) is 0 Å². The molecule has 1 saturated heterocycles. The fourth-order valence-corrected chi connectivity index (χ4v) is 1.74. The number of imidazole rings is 1. The molecule has 0 amide bonds. The lowest BCUT2D eigenvalue weighted by atomic mass is 10.2. The Morgan fingerprint density at radius 2 is 2.62 bits per heavy atom. The molecule has 0 saturated carbocycles. The van der Waals surface area contributed by atoms with Gasteiger partial charge in [-0.1, -0.05) is 0 Å². The normalized spacial score (nSPS) is 22.4. The van der Waals surface area contributed by atoms with Crippen LogP contribution in [0.1, 0.15) is 18.5 Å². The van der Waals surface area contributed by atoms with Crippen LogP contribution in [-0.4, -0.2) is 22.3 Å². The van der Waals surface area contributed by atoms with Crippen LogP contribution in [0.2, 0.25) is 0 Å². The molecule has 0 spiro atoms. The predicted octanol–water partition coefficient (Wildman–Crippen LogP) is 1.80. The van der Waals surface area contributed by atoms with E-state index in [0.717, 1.165) is 25.3 Å². The van der Waals surface area contributed by atoms with Crippen molar-refractivity contribution in [3.63, 3.8) is 0 Å². The summed E-state index contributed by atoms with van der Waals surface area (Å²) >= 11 is 5.65. The monoisotopic (exact) mass is 200 g/mol. The molecule has 1 aromatic rings. The van der Waals surface area contributed by atoms with Gasteiger partial charge in [-0.05, 0) is 12.8 Å². The van der Waals surface area contributed by atoms with Crippen LogP contribution in [0.3, 0.4) is 0 Å². The van der Waals surface area contributed by atoms with Gasteiger partial charge in [0.25, 0.3) is 0 Å². The topological polar surface area (TPSA) is 27.1 Å². The van der Waals surface area contributed by atoms with Crippen LogP contribution in [0, 0.1) is 0 Å². The molecule has 0 bridgehead atoms. The first-order chi connectivity index (χ1) is 6.38. The number of hydrogen-bond donors (Lipinski definition) is 0. The molecule has 72 valence electrons. The molecule has 0 aliphatic carbocycles. The Hall–Kier alpha value is -0.540. The summed E-state index contributed by atoms with van der Waals surface area (Å²) < 4.78 is 7.57. The lowest BCUT2D eigenvalue weighted by Gasteiger charge is -2.08. The molecule has 1 aliphatic heterocycles. The summed E-state index contributed by atoms with van der Waals surface area (Å²) in [5, 5.41) is 0. The highest BCUT2D eigenvalue weighted by Gasteiger charge is 2.15. The summed E-state index contributed by atoms with van der Waals surface area (Å²) in [4.78, 5) is 4.15. The standard InChI is InChI=1S/C9H13ClN2O/c10-4-8-5-12(7-11-8)6-9-2-1-3-13-9/h5,7,9H,1-4,6H2. The Balaban J connectivity index is 1.92. The molecule has 1 fully saturated rings. The van der Waals surface area contributed by atoms with Crippen LogP contribution in [0.5, 0.6) is 0 Å². The fourth-order valence-electron chi connectivity index (χ4n) is 1.60. The van der Waals surface area contributed by atoms with Crippen molar-refractivity contribution in [2.24, 2.45) is 0 Å². The molecule has 4 heteroatoms. The van der Waals surface area contributed by atoms with Crippen molar-refractivity contribution < 1.29 is 4.74 Å². The minimum atomic E-state index is 0.373. The van der Waals surface area contributed by atoms with Crippen LogP contribution in [0.25, 0.3) is 0 Å². The molecule has 1 atom stereocenters. The molecule has 1 unspecified atom stereocenters. The molecule has 0 N–H and O–H groups in total. The van der Waals surface area contributed by atoms with Crippen molar-refractivity contribution in [1.82, 2.24) is 9.55 Å². The van der Waals surface area contributed by atoms with Gasteiger partial charge in [-0.15, -0.1) is 11.6 Å². The highest BCUT2D eigenvalue weighted by Crippen LogP contribution is 2.14. The van der Waals surface area contributed by atoms with E-state index in [-0.39, 0.29) is 0 Å². The van der Waals surface area contributed by atoms with Crippen LogP contribution in [-0.2, 0) is 17.2 Å². The molecule has 2 heterocycles. The van der Waals surface area contributed by atoms with Gasteiger partial charge in [0.05, 0.1) is 24.0 Å². The largest absolute Gasteiger partial charge is 0.376 e. The number of nitrogens with zero attached hydrogens (tertiary/aromatic N) is 2. The van der Waals surface area contributed by atoms with E-state index in [1.54, 1.807) is 0 Å². The Kier molecular flexibility index (Phi) is 2.86. The number of alkyl halides is 1. The van der Waals surface area contributed by atoms with Crippen LogP contribution in [0.15, 0.2) is 12.5 Å². The van der Waals surface area contributed by atoms with E-state index in [1.807, 2.05) is 17.1 Å². The second-order valence-corrected chi connectivity index (χ2v) is 3.60. The average Bonchev–Trinajstić information content (AvgIpc) is 2.76. The van der Waals surface area contributed by atoms with Gasteiger partial charge in [0.2, 0.25) is 0 Å². The molecule has 0 radical (unpaired) electrons. The fraction of sp³-hybridized carbons (Fsp3) is 0.667. The first-order valence-corrected chi connectivity index (χ1v) is 5.10. The highest BCUT2D eigenvalue weighted by atomic mass is 35.5. The van der Waals surface area contributed by atoms with E-state index in [2.05, 4.69) is 4.98 Å². The van der Waals surface area contributed by atoms with Crippen molar-refractivity contribution in [3.05, 3.63) is 18.2 Å². The van der Waals surface area contributed by atoms with Crippen molar-refractivity contribution >= 4 is 11.6 Å². The zero-order valence-electron chi connectivity index (χ0n) is 7.45. The molecule has 13 heavy (non-hydrogen) atoms. The third-order valence-electron chi connectivity index (χ3n) is 2.26. The summed E-state index contributed by atoms with van der Waals surface area (Å²) in [5.41, 5.74) is 0.930. The molecular formula is C9H13ClN2O. The van der Waals surface area contributed by atoms with E-state index < -0.39 is 0 Å². The Morgan fingerprint density at radius 1 is 1.69 bits per heavy atom. The number of halogens is 1. The third-order valence-corrected chi connectivity index (χ3v) is 2.54. The molecule has 0 aromatic carbocycles. The first kappa shape index (κ1) is 9.03. The Bertz CT molecular complexity index is 268. The maximum absolute atomic E-state index is 5.65. The molecule has 1 aromatic heterocycles. The quantitative estimate of drug-likeness (QED) is 0.696. The Labute approximate surface area is 82.7 Å². The molecule has 3 nitrogen and oxygen atoms in total. The second-order valence-electron chi connectivity index (χ2n) is 3.33. The summed E-state index contributed by atoms with van der Waals surface area (Å²) in [5.74, 6) is 0.485. The highest BCUT2D eigenvalue weighted by molar-refractivity contribution is 6.16. The molecular weight excluding hydrogens is 188 g/mol. The summed E-state index contributed by atoms with van der Waals surface area (Å²) in [6.45, 7) is 1.81. The number of aromatic nitrogens is 2. The molecule has 2 rings (SSSR count). The van der Waals surface area contributed by atoms with Gasteiger partial charge in [0.15, 0.2) is 0 Å². The second kappa shape index (κ2) is 4.11. The number of hydrogen-bond acceptors (Lipinski definition) is 2. The predicted molar refractivity (Wildman–Crippen MR) is 50.8 cm³/mol. The van der Waals surface area contributed by atoms with E-state index in [9.17, 15) is 0 Å². The SMILES string of the molecule is ClCc1cn(CC2CCCO2)cn1. The maximum atomic E-state index is 5.65. The van der Waals surface area contributed by atoms with Crippen molar-refractivity contribution in [2.45, 2.75) is 31.4 Å². The zero-order valence-corrected chi connectivity index (χ0v) is 8.20. The van der Waals surface area contributed by atoms with E-state index in [4.69, 9.17) is 16.3 Å². The van der Waals surface area contributed by atoms with E-state index >= 15 is 0 Å². The lowest BCUT2D eigenvalue weighted by Crippen LogP contribution is -2.13.